The van der Waals surface area contributed by atoms with Gasteiger partial charge in [0.25, 0.3) is 0 Å². The first kappa shape index (κ1) is 13.1. The Bertz CT molecular complexity index is 582. The van der Waals surface area contributed by atoms with Crippen molar-refractivity contribution in [1.29, 1.82) is 0 Å². The van der Waals surface area contributed by atoms with Crippen LogP contribution >= 0.6 is 0 Å². The molecule has 0 spiro atoms. The Balaban J connectivity index is 1.94. The van der Waals surface area contributed by atoms with E-state index in [2.05, 4.69) is 45.2 Å². The van der Waals surface area contributed by atoms with Crippen LogP contribution in [0.1, 0.15) is 35.8 Å². The smallest absolute Gasteiger partial charge is 0.226 e. The summed E-state index contributed by atoms with van der Waals surface area (Å²) in [7, 11) is 0. The lowest BCUT2D eigenvalue weighted by atomic mass is 10.1. The minimum atomic E-state index is 0.378. The minimum absolute atomic E-state index is 0.378. The number of hydrogen-bond acceptors (Lipinski definition) is 4. The SMILES string of the molecule is Cc1cc(CN)nc(N2CCCC2c2ccccc2)n1. The van der Waals surface area contributed by atoms with Crippen molar-refractivity contribution in [2.45, 2.75) is 32.4 Å². The molecule has 0 bridgehead atoms. The summed E-state index contributed by atoms with van der Waals surface area (Å²) < 4.78 is 0. The van der Waals surface area contributed by atoms with E-state index in [0.717, 1.165) is 30.3 Å². The standard InChI is InChI=1S/C16H20N4/c1-12-10-14(11-17)19-16(18-12)20-9-5-8-15(20)13-6-3-2-4-7-13/h2-4,6-7,10,15H,5,8-9,11,17H2,1H3. The van der Waals surface area contributed by atoms with Gasteiger partial charge in [0.2, 0.25) is 5.95 Å². The van der Waals surface area contributed by atoms with Gasteiger partial charge < -0.3 is 10.6 Å². The first-order valence-corrected chi connectivity index (χ1v) is 7.14. The molecule has 2 aromatic rings. The zero-order valence-electron chi connectivity index (χ0n) is 11.8. The summed E-state index contributed by atoms with van der Waals surface area (Å²) >= 11 is 0. The molecule has 0 amide bonds. The third-order valence-corrected chi connectivity index (χ3v) is 3.80. The van der Waals surface area contributed by atoms with Gasteiger partial charge in [-0.3, -0.25) is 0 Å². The molecule has 20 heavy (non-hydrogen) atoms. The third-order valence-electron chi connectivity index (χ3n) is 3.80. The average molecular weight is 268 g/mol. The number of aryl methyl sites for hydroxylation is 1. The van der Waals surface area contributed by atoms with Crippen molar-refractivity contribution >= 4 is 5.95 Å². The predicted molar refractivity (Wildman–Crippen MR) is 80.4 cm³/mol. The normalized spacial score (nSPS) is 18.5. The fourth-order valence-electron chi connectivity index (χ4n) is 2.88. The van der Waals surface area contributed by atoms with Crippen molar-refractivity contribution in [2.75, 3.05) is 11.4 Å². The molecule has 4 nitrogen and oxygen atoms in total. The summed E-state index contributed by atoms with van der Waals surface area (Å²) in [6, 6.07) is 12.9. The number of hydrogen-bond donors (Lipinski definition) is 1. The largest absolute Gasteiger partial charge is 0.334 e. The molecule has 1 saturated heterocycles. The maximum absolute atomic E-state index is 5.72. The molecule has 3 rings (SSSR count). The molecule has 2 heterocycles. The highest BCUT2D eigenvalue weighted by Crippen LogP contribution is 2.34. The van der Waals surface area contributed by atoms with E-state index in [-0.39, 0.29) is 0 Å². The van der Waals surface area contributed by atoms with E-state index < -0.39 is 0 Å². The van der Waals surface area contributed by atoms with E-state index in [1.165, 1.54) is 12.0 Å². The first-order chi connectivity index (χ1) is 9.78. The number of anilines is 1. The van der Waals surface area contributed by atoms with Crippen LogP contribution in [0.3, 0.4) is 0 Å². The topological polar surface area (TPSA) is 55.0 Å². The van der Waals surface area contributed by atoms with E-state index >= 15 is 0 Å². The Morgan fingerprint density at radius 1 is 1.25 bits per heavy atom. The van der Waals surface area contributed by atoms with Crippen LogP contribution in [0.4, 0.5) is 5.95 Å². The fraction of sp³-hybridized carbons (Fsp3) is 0.375. The second-order valence-corrected chi connectivity index (χ2v) is 5.27. The van der Waals surface area contributed by atoms with Gasteiger partial charge in [0.15, 0.2) is 0 Å². The molecule has 1 aliphatic rings. The van der Waals surface area contributed by atoms with Gasteiger partial charge in [0, 0.05) is 18.8 Å². The molecular weight excluding hydrogens is 248 g/mol. The van der Waals surface area contributed by atoms with Crippen molar-refractivity contribution in [3.8, 4) is 0 Å². The summed E-state index contributed by atoms with van der Waals surface area (Å²) in [5.41, 5.74) is 8.95. The lowest BCUT2D eigenvalue weighted by Crippen LogP contribution is -2.25. The Morgan fingerprint density at radius 3 is 2.80 bits per heavy atom. The molecule has 1 unspecified atom stereocenters. The summed E-state index contributed by atoms with van der Waals surface area (Å²) in [6.45, 7) is 3.46. The summed E-state index contributed by atoms with van der Waals surface area (Å²) in [4.78, 5) is 11.5. The molecule has 4 heteroatoms. The molecule has 0 radical (unpaired) electrons. The van der Waals surface area contributed by atoms with Gasteiger partial charge in [0.1, 0.15) is 0 Å². The number of aromatic nitrogens is 2. The monoisotopic (exact) mass is 268 g/mol. The van der Waals surface area contributed by atoms with E-state index in [1.807, 2.05) is 13.0 Å². The number of benzene rings is 1. The number of nitrogens with zero attached hydrogens (tertiary/aromatic N) is 3. The fourth-order valence-corrected chi connectivity index (χ4v) is 2.88. The quantitative estimate of drug-likeness (QED) is 0.929. The van der Waals surface area contributed by atoms with Crippen LogP contribution in [0.2, 0.25) is 0 Å². The van der Waals surface area contributed by atoms with Crippen molar-refractivity contribution in [3.05, 3.63) is 53.3 Å². The zero-order chi connectivity index (χ0) is 13.9. The highest BCUT2D eigenvalue weighted by molar-refractivity contribution is 5.39. The molecule has 1 fully saturated rings. The third kappa shape index (κ3) is 2.51. The predicted octanol–water partition coefficient (Wildman–Crippen LogP) is 2.59. The van der Waals surface area contributed by atoms with Gasteiger partial charge in [0.05, 0.1) is 11.7 Å². The molecule has 104 valence electrons. The van der Waals surface area contributed by atoms with Gasteiger partial charge in [-0.1, -0.05) is 30.3 Å². The molecule has 1 aliphatic heterocycles. The molecule has 0 saturated carbocycles. The van der Waals surface area contributed by atoms with Crippen LogP contribution < -0.4 is 10.6 Å². The van der Waals surface area contributed by atoms with Crippen LogP contribution in [0.5, 0.6) is 0 Å². The second-order valence-electron chi connectivity index (χ2n) is 5.27. The van der Waals surface area contributed by atoms with Crippen LogP contribution in [0.15, 0.2) is 36.4 Å². The Hall–Kier alpha value is -1.94. The van der Waals surface area contributed by atoms with Crippen LogP contribution in [-0.4, -0.2) is 16.5 Å². The second kappa shape index (κ2) is 5.59. The lowest BCUT2D eigenvalue weighted by Gasteiger charge is -2.25. The lowest BCUT2D eigenvalue weighted by molar-refractivity contribution is 0.697. The molecule has 0 aliphatic carbocycles. The van der Waals surface area contributed by atoms with Crippen molar-refractivity contribution in [1.82, 2.24) is 9.97 Å². The Kier molecular flexibility index (Phi) is 3.65. The molecule has 1 aromatic heterocycles. The number of rotatable bonds is 3. The van der Waals surface area contributed by atoms with Gasteiger partial charge in [-0.15, -0.1) is 0 Å². The van der Waals surface area contributed by atoms with Crippen molar-refractivity contribution in [2.24, 2.45) is 5.73 Å². The van der Waals surface area contributed by atoms with Crippen molar-refractivity contribution < 1.29 is 0 Å². The maximum Gasteiger partial charge on any atom is 0.226 e. The van der Waals surface area contributed by atoms with Gasteiger partial charge in [-0.2, -0.15) is 0 Å². The average Bonchev–Trinajstić information content (AvgIpc) is 2.97. The zero-order valence-corrected chi connectivity index (χ0v) is 11.8. The highest BCUT2D eigenvalue weighted by atomic mass is 15.3. The Morgan fingerprint density at radius 2 is 2.05 bits per heavy atom. The van der Waals surface area contributed by atoms with E-state index in [9.17, 15) is 0 Å². The molecular formula is C16H20N4. The molecule has 1 atom stereocenters. The summed E-state index contributed by atoms with van der Waals surface area (Å²) in [5, 5.41) is 0. The van der Waals surface area contributed by atoms with E-state index in [0.29, 0.717) is 12.6 Å². The summed E-state index contributed by atoms with van der Waals surface area (Å²) in [6.07, 6.45) is 2.33. The Labute approximate surface area is 119 Å². The van der Waals surface area contributed by atoms with Gasteiger partial charge >= 0.3 is 0 Å². The van der Waals surface area contributed by atoms with E-state index in [4.69, 9.17) is 5.73 Å². The van der Waals surface area contributed by atoms with Crippen molar-refractivity contribution in [3.63, 3.8) is 0 Å². The van der Waals surface area contributed by atoms with Gasteiger partial charge in [-0.25, -0.2) is 9.97 Å². The molecule has 2 N–H and O–H groups in total. The van der Waals surface area contributed by atoms with Crippen LogP contribution in [0, 0.1) is 6.92 Å². The van der Waals surface area contributed by atoms with Gasteiger partial charge in [-0.05, 0) is 31.4 Å². The van der Waals surface area contributed by atoms with Crippen LogP contribution in [-0.2, 0) is 6.54 Å². The first-order valence-electron chi connectivity index (χ1n) is 7.14. The number of nitrogens with two attached hydrogens (primary N) is 1. The summed E-state index contributed by atoms with van der Waals surface area (Å²) in [5.74, 6) is 0.816. The molecule has 1 aromatic carbocycles. The van der Waals surface area contributed by atoms with E-state index in [1.54, 1.807) is 0 Å². The maximum atomic E-state index is 5.72. The van der Waals surface area contributed by atoms with Crippen LogP contribution in [0.25, 0.3) is 0 Å². The minimum Gasteiger partial charge on any atom is -0.334 e. The highest BCUT2D eigenvalue weighted by Gasteiger charge is 2.28.